The fourth-order valence-electron chi connectivity index (χ4n) is 6.76. The van der Waals surface area contributed by atoms with E-state index in [2.05, 4.69) is 26.9 Å². The van der Waals surface area contributed by atoms with E-state index in [0.29, 0.717) is 12.3 Å². The van der Waals surface area contributed by atoms with Gasteiger partial charge in [-0.05, 0) is 87.1 Å². The fourth-order valence-corrected chi connectivity index (χ4v) is 7.24. The van der Waals surface area contributed by atoms with Gasteiger partial charge in [-0.25, -0.2) is 8.42 Å². The summed E-state index contributed by atoms with van der Waals surface area (Å²) in [4.78, 5) is 29.9. The third-order valence-corrected chi connectivity index (χ3v) is 11.3. The Bertz CT molecular complexity index is 1940. The lowest BCUT2D eigenvalue weighted by Crippen LogP contribution is -2.49. The zero-order valence-electron chi connectivity index (χ0n) is 31.6. The molecule has 2 amide bonds. The highest BCUT2D eigenvalue weighted by molar-refractivity contribution is 7.92. The fraction of sp³-hybridized carbons (Fsp3) is 0.381. The van der Waals surface area contributed by atoms with Crippen molar-refractivity contribution in [2.24, 2.45) is 5.92 Å². The molecule has 1 saturated heterocycles. The standard InChI is InChI=1S/C42H53N5O6S/c1-30(33-15-9-6-10-16-33)44-41(49)35-24-36(26-37(25-35)46(2)54(4,51)52)42(50)45-38(23-31-13-7-5-8-14-31)39(48)28-43-27-32-19-21-47(22-20-32)29-34-17-11-12-18-40(34)53-3/h5-18,24-26,30,32,38-39,43,48H,19-23,27-29H2,1-4H3,(H,44,49)(H,45,50)/t30-,38+,39-/m1/s1. The second-order valence-corrected chi connectivity index (χ2v) is 16.1. The van der Waals surface area contributed by atoms with Crippen LogP contribution in [-0.4, -0.2) is 89.0 Å². The molecule has 4 aromatic rings. The Hall–Kier alpha value is -4.75. The molecule has 11 nitrogen and oxygen atoms in total. The van der Waals surface area contributed by atoms with E-state index in [9.17, 15) is 23.1 Å². The molecule has 0 bridgehead atoms. The number of carbonyl (C=O) groups is 2. The van der Waals surface area contributed by atoms with Gasteiger partial charge in [-0.2, -0.15) is 0 Å². The molecular formula is C42H53N5O6S. The molecule has 0 saturated carbocycles. The Kier molecular flexibility index (Phi) is 14.2. The molecule has 0 aliphatic carbocycles. The van der Waals surface area contributed by atoms with Crippen molar-refractivity contribution in [2.75, 3.05) is 50.9 Å². The first-order chi connectivity index (χ1) is 25.9. The van der Waals surface area contributed by atoms with Crippen molar-refractivity contribution in [1.82, 2.24) is 20.9 Å². The number of carbonyl (C=O) groups excluding carboxylic acids is 2. The quantitative estimate of drug-likeness (QED) is 0.121. The first-order valence-corrected chi connectivity index (χ1v) is 20.3. The minimum Gasteiger partial charge on any atom is -0.496 e. The highest BCUT2D eigenvalue weighted by Crippen LogP contribution is 2.24. The van der Waals surface area contributed by atoms with Crippen molar-refractivity contribution < 1.29 is 27.9 Å². The summed E-state index contributed by atoms with van der Waals surface area (Å²) < 4.78 is 31.6. The lowest BCUT2D eigenvalue weighted by atomic mass is 9.96. The molecule has 0 radical (unpaired) electrons. The molecule has 12 heteroatoms. The number of amides is 2. The summed E-state index contributed by atoms with van der Waals surface area (Å²) in [7, 11) is -0.638. The van der Waals surface area contributed by atoms with Gasteiger partial charge in [0.1, 0.15) is 5.75 Å². The van der Waals surface area contributed by atoms with Crippen LogP contribution in [0.25, 0.3) is 0 Å². The van der Waals surface area contributed by atoms with Gasteiger partial charge in [0, 0.05) is 36.8 Å². The van der Waals surface area contributed by atoms with Crippen molar-refractivity contribution in [3.05, 3.63) is 131 Å². The summed E-state index contributed by atoms with van der Waals surface area (Å²) in [5, 5.41) is 20.9. The van der Waals surface area contributed by atoms with E-state index < -0.39 is 34.0 Å². The number of rotatable bonds is 17. The zero-order valence-corrected chi connectivity index (χ0v) is 32.4. The predicted octanol–water partition coefficient (Wildman–Crippen LogP) is 4.79. The van der Waals surface area contributed by atoms with Gasteiger partial charge in [-0.3, -0.25) is 18.8 Å². The number of hydrogen-bond acceptors (Lipinski definition) is 8. The highest BCUT2D eigenvalue weighted by atomic mass is 32.2. The van der Waals surface area contributed by atoms with E-state index in [4.69, 9.17) is 4.74 Å². The van der Waals surface area contributed by atoms with Crippen molar-refractivity contribution in [2.45, 2.75) is 50.9 Å². The normalized spacial score (nSPS) is 15.5. The summed E-state index contributed by atoms with van der Waals surface area (Å²) in [6.07, 6.45) is 2.54. The average molecular weight is 756 g/mol. The highest BCUT2D eigenvalue weighted by Gasteiger charge is 2.26. The zero-order chi connectivity index (χ0) is 38.7. The molecule has 54 heavy (non-hydrogen) atoms. The number of aliphatic hydroxyl groups is 1. The summed E-state index contributed by atoms with van der Waals surface area (Å²) in [5.41, 5.74) is 3.40. The second kappa shape index (κ2) is 19.0. The number of anilines is 1. The van der Waals surface area contributed by atoms with E-state index in [1.807, 2.05) is 85.8 Å². The van der Waals surface area contributed by atoms with Crippen molar-refractivity contribution in [1.29, 1.82) is 0 Å². The summed E-state index contributed by atoms with van der Waals surface area (Å²) >= 11 is 0. The lowest BCUT2D eigenvalue weighted by molar-refractivity contribution is 0.0824. The van der Waals surface area contributed by atoms with E-state index >= 15 is 0 Å². The van der Waals surface area contributed by atoms with Crippen molar-refractivity contribution in [3.8, 4) is 5.75 Å². The Morgan fingerprint density at radius 2 is 1.48 bits per heavy atom. The van der Waals surface area contributed by atoms with E-state index in [-0.39, 0.29) is 29.4 Å². The number of likely N-dealkylation sites (tertiary alicyclic amines) is 1. The molecule has 0 spiro atoms. The van der Waals surface area contributed by atoms with Crippen LogP contribution in [0, 0.1) is 5.92 Å². The Morgan fingerprint density at radius 1 is 0.889 bits per heavy atom. The minimum atomic E-state index is -3.71. The molecule has 4 N–H and O–H groups in total. The first kappa shape index (κ1) is 40.4. The molecule has 1 heterocycles. The number of sulfonamides is 1. The molecule has 288 valence electrons. The molecule has 0 unspecified atom stereocenters. The monoisotopic (exact) mass is 755 g/mol. The van der Waals surface area contributed by atoms with E-state index in [1.54, 1.807) is 7.11 Å². The van der Waals surface area contributed by atoms with Gasteiger partial charge in [-0.1, -0.05) is 78.9 Å². The first-order valence-electron chi connectivity index (χ1n) is 18.4. The number of benzene rings is 4. The average Bonchev–Trinajstić information content (AvgIpc) is 3.18. The summed E-state index contributed by atoms with van der Waals surface area (Å²) in [6.45, 7) is 5.64. The van der Waals surface area contributed by atoms with Crippen LogP contribution in [0.5, 0.6) is 5.75 Å². The Labute approximate surface area is 319 Å². The molecule has 5 rings (SSSR count). The van der Waals surface area contributed by atoms with E-state index in [0.717, 1.165) is 66.5 Å². The third kappa shape index (κ3) is 11.4. The number of nitrogens with zero attached hydrogens (tertiary/aromatic N) is 2. The molecule has 1 fully saturated rings. The molecular weight excluding hydrogens is 703 g/mol. The Morgan fingerprint density at radius 3 is 2.11 bits per heavy atom. The Balaban J connectivity index is 1.25. The van der Waals surface area contributed by atoms with Gasteiger partial charge in [-0.15, -0.1) is 0 Å². The maximum absolute atomic E-state index is 14.0. The number of para-hydroxylation sites is 1. The number of nitrogens with one attached hydrogen (secondary N) is 3. The largest absolute Gasteiger partial charge is 0.496 e. The van der Waals surface area contributed by atoms with Crippen LogP contribution in [0.3, 0.4) is 0 Å². The van der Waals surface area contributed by atoms with Crippen molar-refractivity contribution >= 4 is 27.5 Å². The van der Waals surface area contributed by atoms with Gasteiger partial charge >= 0.3 is 0 Å². The minimum absolute atomic E-state index is 0.0959. The molecule has 4 aromatic carbocycles. The van der Waals surface area contributed by atoms with Crippen LogP contribution in [-0.2, 0) is 23.0 Å². The van der Waals surface area contributed by atoms with Crippen LogP contribution >= 0.6 is 0 Å². The van der Waals surface area contributed by atoms with Crippen LogP contribution in [0.4, 0.5) is 5.69 Å². The SMILES string of the molecule is COc1ccccc1CN1CCC(CNC[C@@H](O)[C@H](Cc2ccccc2)NC(=O)c2cc(C(=O)N[C@H](C)c3ccccc3)cc(N(C)S(C)(=O)=O)c2)CC1. The van der Waals surface area contributed by atoms with Gasteiger partial charge < -0.3 is 25.8 Å². The van der Waals surface area contributed by atoms with Gasteiger partial charge in [0.2, 0.25) is 10.0 Å². The van der Waals surface area contributed by atoms with Crippen LogP contribution in [0.2, 0.25) is 0 Å². The molecule has 3 atom stereocenters. The maximum atomic E-state index is 14.0. The maximum Gasteiger partial charge on any atom is 0.251 e. The van der Waals surface area contributed by atoms with E-state index in [1.165, 1.54) is 30.8 Å². The third-order valence-electron chi connectivity index (χ3n) is 10.1. The molecule has 1 aliphatic rings. The molecule has 1 aliphatic heterocycles. The summed E-state index contributed by atoms with van der Waals surface area (Å²) in [6, 6.07) is 30.5. The van der Waals surface area contributed by atoms with Crippen LogP contribution in [0.1, 0.15) is 63.2 Å². The number of piperidine rings is 1. The lowest BCUT2D eigenvalue weighted by Gasteiger charge is -2.33. The van der Waals surface area contributed by atoms with Gasteiger partial charge in [0.15, 0.2) is 0 Å². The number of aliphatic hydroxyl groups excluding tert-OH is 1. The van der Waals surface area contributed by atoms with Gasteiger partial charge in [0.05, 0.1) is 37.2 Å². The smallest absolute Gasteiger partial charge is 0.251 e. The number of methoxy groups -OCH3 is 1. The number of ether oxygens (including phenoxy) is 1. The topological polar surface area (TPSA) is 140 Å². The predicted molar refractivity (Wildman–Crippen MR) is 213 cm³/mol. The van der Waals surface area contributed by atoms with Gasteiger partial charge in [0.25, 0.3) is 11.8 Å². The second-order valence-electron chi connectivity index (χ2n) is 14.1. The summed E-state index contributed by atoms with van der Waals surface area (Å²) in [5.74, 6) is 0.365. The number of hydrogen-bond donors (Lipinski definition) is 4. The van der Waals surface area contributed by atoms with Crippen LogP contribution in [0.15, 0.2) is 103 Å². The van der Waals surface area contributed by atoms with Crippen molar-refractivity contribution in [3.63, 3.8) is 0 Å². The van der Waals surface area contributed by atoms with Crippen LogP contribution < -0.4 is 25.0 Å². The molecule has 0 aromatic heterocycles.